The first kappa shape index (κ1) is 12.5. The third-order valence-electron chi connectivity index (χ3n) is 3.53. The van der Waals surface area contributed by atoms with Crippen molar-refractivity contribution in [2.24, 2.45) is 0 Å². The Kier molecular flexibility index (Phi) is 3.03. The lowest BCUT2D eigenvalue weighted by atomic mass is 10.0. The van der Waals surface area contributed by atoms with Crippen molar-refractivity contribution in [2.45, 2.75) is 13.0 Å². The Morgan fingerprint density at radius 2 is 1.80 bits per heavy atom. The summed E-state index contributed by atoms with van der Waals surface area (Å²) < 4.78 is 0. The maximum absolute atomic E-state index is 12.1. The Bertz CT molecular complexity index is 691. The molecule has 2 aromatic rings. The number of para-hydroxylation sites is 2. The smallest absolute Gasteiger partial charge is 0.224 e. The third-order valence-corrected chi connectivity index (χ3v) is 3.53. The van der Waals surface area contributed by atoms with Gasteiger partial charge in [0.1, 0.15) is 5.75 Å². The molecule has 1 unspecified atom stereocenters. The first-order valence-corrected chi connectivity index (χ1v) is 6.53. The molecule has 0 fully saturated rings. The number of hydrogen-bond donors (Lipinski definition) is 1. The summed E-state index contributed by atoms with van der Waals surface area (Å²) in [6.45, 7) is 1.52. The molecule has 100 valence electrons. The fraction of sp³-hybridized carbons (Fsp3) is 0.118. The van der Waals surface area contributed by atoms with E-state index >= 15 is 0 Å². The molecule has 0 radical (unpaired) electrons. The van der Waals surface area contributed by atoms with Gasteiger partial charge in [-0.2, -0.15) is 0 Å². The van der Waals surface area contributed by atoms with Crippen molar-refractivity contribution in [1.29, 1.82) is 0 Å². The maximum atomic E-state index is 12.1. The quantitative estimate of drug-likeness (QED) is 0.902. The third kappa shape index (κ3) is 1.97. The highest BCUT2D eigenvalue weighted by molar-refractivity contribution is 5.95. The van der Waals surface area contributed by atoms with Gasteiger partial charge in [0.2, 0.25) is 5.91 Å². The summed E-state index contributed by atoms with van der Waals surface area (Å²) in [4.78, 5) is 13.7. The van der Waals surface area contributed by atoms with Gasteiger partial charge in [0.15, 0.2) is 0 Å². The molecule has 0 saturated heterocycles. The Morgan fingerprint density at radius 3 is 2.55 bits per heavy atom. The molecule has 0 spiro atoms. The van der Waals surface area contributed by atoms with Crippen LogP contribution in [-0.4, -0.2) is 11.0 Å². The highest BCUT2D eigenvalue weighted by Gasteiger charge is 2.28. The molecule has 1 aliphatic rings. The molecule has 1 atom stereocenters. The van der Waals surface area contributed by atoms with Gasteiger partial charge in [0.05, 0.1) is 11.7 Å². The predicted molar refractivity (Wildman–Crippen MR) is 79.5 cm³/mol. The van der Waals surface area contributed by atoms with Gasteiger partial charge in [-0.25, -0.2) is 0 Å². The van der Waals surface area contributed by atoms with Gasteiger partial charge >= 0.3 is 0 Å². The number of aromatic hydroxyl groups is 1. The summed E-state index contributed by atoms with van der Waals surface area (Å²) in [5.41, 5.74) is 2.72. The highest BCUT2D eigenvalue weighted by atomic mass is 16.3. The maximum Gasteiger partial charge on any atom is 0.224 e. The number of anilines is 1. The second-order valence-corrected chi connectivity index (χ2v) is 4.81. The van der Waals surface area contributed by atoms with Crippen LogP contribution >= 0.6 is 0 Å². The highest BCUT2D eigenvalue weighted by Crippen LogP contribution is 2.38. The summed E-state index contributed by atoms with van der Waals surface area (Å²) in [6, 6.07) is 14.7. The van der Waals surface area contributed by atoms with Crippen molar-refractivity contribution in [3.05, 3.63) is 65.7 Å². The molecule has 3 rings (SSSR count). The molecule has 0 aliphatic heterocycles. The van der Waals surface area contributed by atoms with Gasteiger partial charge in [-0.1, -0.05) is 48.6 Å². The molecule has 0 bridgehead atoms. The molecule has 0 heterocycles. The molecule has 0 aromatic heterocycles. The van der Waals surface area contributed by atoms with Crippen molar-refractivity contribution in [2.75, 3.05) is 4.90 Å². The summed E-state index contributed by atoms with van der Waals surface area (Å²) in [5, 5.41) is 10.0. The zero-order chi connectivity index (χ0) is 14.1. The van der Waals surface area contributed by atoms with Crippen LogP contribution < -0.4 is 4.90 Å². The Balaban J connectivity index is 2.09. The van der Waals surface area contributed by atoms with Crippen molar-refractivity contribution in [3.63, 3.8) is 0 Å². The topological polar surface area (TPSA) is 40.5 Å². The molecule has 3 nitrogen and oxygen atoms in total. The van der Waals surface area contributed by atoms with Crippen LogP contribution in [0.25, 0.3) is 6.08 Å². The zero-order valence-corrected chi connectivity index (χ0v) is 11.2. The predicted octanol–water partition coefficient (Wildman–Crippen LogP) is 3.51. The van der Waals surface area contributed by atoms with E-state index in [9.17, 15) is 9.90 Å². The van der Waals surface area contributed by atoms with E-state index in [1.165, 1.54) is 6.92 Å². The van der Waals surface area contributed by atoms with Crippen LogP contribution in [0.1, 0.15) is 24.1 Å². The molecular formula is C17H15NO2. The van der Waals surface area contributed by atoms with E-state index in [1.54, 1.807) is 23.1 Å². The molecule has 2 aromatic carbocycles. The lowest BCUT2D eigenvalue weighted by Gasteiger charge is -2.28. The van der Waals surface area contributed by atoms with Crippen LogP contribution in [0.3, 0.4) is 0 Å². The number of nitrogens with zero attached hydrogens (tertiary/aromatic N) is 1. The van der Waals surface area contributed by atoms with Crippen LogP contribution in [-0.2, 0) is 4.79 Å². The van der Waals surface area contributed by atoms with Gasteiger partial charge in [0.25, 0.3) is 0 Å². The van der Waals surface area contributed by atoms with Crippen molar-refractivity contribution in [1.82, 2.24) is 0 Å². The summed E-state index contributed by atoms with van der Waals surface area (Å²) in [7, 11) is 0. The fourth-order valence-corrected chi connectivity index (χ4v) is 2.64. The normalized spacial score (nSPS) is 15.9. The molecule has 3 heteroatoms. The molecule has 1 N–H and O–H groups in total. The van der Waals surface area contributed by atoms with Crippen LogP contribution in [0.15, 0.2) is 54.6 Å². The molecule has 1 amide bonds. The average Bonchev–Trinajstić information content (AvgIpc) is 2.85. The Morgan fingerprint density at radius 1 is 1.10 bits per heavy atom. The summed E-state index contributed by atoms with van der Waals surface area (Å²) >= 11 is 0. The molecule has 1 aliphatic carbocycles. The van der Waals surface area contributed by atoms with Crippen molar-refractivity contribution in [3.8, 4) is 5.75 Å². The lowest BCUT2D eigenvalue weighted by molar-refractivity contribution is -0.116. The number of rotatable bonds is 2. The minimum atomic E-state index is -0.169. The number of fused-ring (bicyclic) bond motifs is 1. The van der Waals surface area contributed by atoms with E-state index in [4.69, 9.17) is 0 Å². The number of phenols is 1. The van der Waals surface area contributed by atoms with Gasteiger partial charge in [-0.3, -0.25) is 9.69 Å². The van der Waals surface area contributed by atoms with Gasteiger partial charge in [-0.05, 0) is 23.3 Å². The van der Waals surface area contributed by atoms with Crippen molar-refractivity contribution >= 4 is 17.7 Å². The number of benzene rings is 2. The molecule has 0 saturated carbocycles. The first-order chi connectivity index (χ1) is 9.68. The van der Waals surface area contributed by atoms with Crippen molar-refractivity contribution < 1.29 is 9.90 Å². The first-order valence-electron chi connectivity index (χ1n) is 6.53. The minimum absolute atomic E-state index is 0.0992. The van der Waals surface area contributed by atoms with Crippen LogP contribution in [0, 0.1) is 0 Å². The summed E-state index contributed by atoms with van der Waals surface area (Å²) in [6.07, 6.45) is 3.99. The molecule has 20 heavy (non-hydrogen) atoms. The van der Waals surface area contributed by atoms with E-state index in [1.807, 2.05) is 42.5 Å². The van der Waals surface area contributed by atoms with E-state index in [2.05, 4.69) is 0 Å². The SMILES string of the molecule is CC(=O)N(c1ccccc1O)C1C=Cc2ccccc21. The number of carbonyl (C=O) groups excluding carboxylic acids is 1. The average molecular weight is 265 g/mol. The van der Waals surface area contributed by atoms with Crippen LogP contribution in [0.5, 0.6) is 5.75 Å². The van der Waals surface area contributed by atoms with Gasteiger partial charge in [0, 0.05) is 6.92 Å². The number of phenolic OH excluding ortho intramolecular Hbond substituents is 1. The fourth-order valence-electron chi connectivity index (χ4n) is 2.64. The van der Waals surface area contributed by atoms with E-state index in [0.29, 0.717) is 5.69 Å². The molecular weight excluding hydrogens is 250 g/mol. The van der Waals surface area contributed by atoms with Crippen LogP contribution in [0.2, 0.25) is 0 Å². The second-order valence-electron chi connectivity index (χ2n) is 4.81. The van der Waals surface area contributed by atoms with E-state index in [-0.39, 0.29) is 17.7 Å². The summed E-state index contributed by atoms with van der Waals surface area (Å²) in [5.74, 6) is 0.0123. The van der Waals surface area contributed by atoms with E-state index in [0.717, 1.165) is 11.1 Å². The number of amides is 1. The minimum Gasteiger partial charge on any atom is -0.506 e. The van der Waals surface area contributed by atoms with E-state index < -0.39 is 0 Å². The monoisotopic (exact) mass is 265 g/mol. The van der Waals surface area contributed by atoms with Gasteiger partial charge < -0.3 is 5.11 Å². The Hall–Kier alpha value is -2.55. The number of hydrogen-bond acceptors (Lipinski definition) is 2. The largest absolute Gasteiger partial charge is 0.506 e. The zero-order valence-electron chi connectivity index (χ0n) is 11.2. The van der Waals surface area contributed by atoms with Crippen LogP contribution in [0.4, 0.5) is 5.69 Å². The lowest BCUT2D eigenvalue weighted by Crippen LogP contribution is -2.31. The van der Waals surface area contributed by atoms with Gasteiger partial charge in [-0.15, -0.1) is 0 Å². The second kappa shape index (κ2) is 4.85. The number of carbonyl (C=O) groups is 1. The Labute approximate surface area is 117 Å². The standard InChI is InChI=1S/C17H15NO2/c1-12(19)18(16-8-4-5-9-17(16)20)15-11-10-13-6-2-3-7-14(13)15/h2-11,15,20H,1H3.